The fourth-order valence-electron chi connectivity index (χ4n) is 1.16. The Morgan fingerprint density at radius 3 is 2.88 bits per heavy atom. The van der Waals surface area contributed by atoms with Crippen LogP contribution in [-0.2, 0) is 0 Å². The monoisotopic (exact) mass is 271 g/mol. The van der Waals surface area contributed by atoms with Gasteiger partial charge in [-0.05, 0) is 18.2 Å². The van der Waals surface area contributed by atoms with Gasteiger partial charge in [-0.1, -0.05) is 11.6 Å². The van der Waals surface area contributed by atoms with Gasteiger partial charge in [0.25, 0.3) is 5.91 Å². The van der Waals surface area contributed by atoms with Crippen LogP contribution in [-0.4, -0.2) is 10.9 Å². The molecule has 0 spiro atoms. The number of nitrogens with two attached hydrogens (primary N) is 1. The molecule has 17 heavy (non-hydrogen) atoms. The van der Waals surface area contributed by atoms with Crippen LogP contribution in [0.15, 0.2) is 23.6 Å². The average molecular weight is 272 g/mol. The first kappa shape index (κ1) is 11.8. The number of hydrogen-bond donors (Lipinski definition) is 2. The number of nitrogens with one attached hydrogen (secondary N) is 1. The second-order valence-electron chi connectivity index (χ2n) is 3.15. The van der Waals surface area contributed by atoms with Gasteiger partial charge in [0, 0.05) is 11.1 Å². The lowest BCUT2D eigenvalue weighted by Crippen LogP contribution is -2.12. The molecule has 1 aromatic carbocycles. The molecule has 0 atom stereocenters. The van der Waals surface area contributed by atoms with Crippen molar-refractivity contribution in [3.63, 3.8) is 0 Å². The Morgan fingerprint density at radius 1 is 1.53 bits per heavy atom. The number of thiazole rings is 1. The fourth-order valence-corrected chi connectivity index (χ4v) is 1.88. The third-order valence-electron chi connectivity index (χ3n) is 1.93. The number of carbonyl (C=O) groups excluding carboxylic acids is 1. The summed E-state index contributed by atoms with van der Waals surface area (Å²) >= 11 is 6.76. The number of benzene rings is 1. The SMILES string of the molecule is Nc1nc(C(=O)Nc2ccc(F)c(Cl)c2)cs1. The number of amides is 1. The maximum absolute atomic E-state index is 12.9. The molecule has 0 unspecified atom stereocenters. The highest BCUT2D eigenvalue weighted by Gasteiger charge is 2.10. The van der Waals surface area contributed by atoms with Gasteiger partial charge in [-0.3, -0.25) is 4.79 Å². The van der Waals surface area contributed by atoms with Crippen LogP contribution in [0.5, 0.6) is 0 Å². The van der Waals surface area contributed by atoms with Gasteiger partial charge in [0.2, 0.25) is 0 Å². The van der Waals surface area contributed by atoms with E-state index in [-0.39, 0.29) is 10.7 Å². The standard InChI is InChI=1S/C10H7ClFN3OS/c11-6-3-5(1-2-7(6)12)14-9(16)8-4-17-10(13)15-8/h1-4H,(H2,13,15)(H,14,16). The van der Waals surface area contributed by atoms with Crippen molar-refractivity contribution in [1.29, 1.82) is 0 Å². The van der Waals surface area contributed by atoms with E-state index in [0.29, 0.717) is 10.8 Å². The van der Waals surface area contributed by atoms with Crippen LogP contribution in [0.2, 0.25) is 5.02 Å². The molecule has 1 aromatic heterocycles. The van der Waals surface area contributed by atoms with Crippen molar-refractivity contribution < 1.29 is 9.18 Å². The van der Waals surface area contributed by atoms with E-state index >= 15 is 0 Å². The van der Waals surface area contributed by atoms with E-state index in [4.69, 9.17) is 17.3 Å². The predicted octanol–water partition coefficient (Wildman–Crippen LogP) is 2.77. The van der Waals surface area contributed by atoms with Crippen molar-refractivity contribution in [1.82, 2.24) is 4.98 Å². The van der Waals surface area contributed by atoms with E-state index < -0.39 is 11.7 Å². The van der Waals surface area contributed by atoms with Gasteiger partial charge in [0.1, 0.15) is 11.5 Å². The molecule has 0 fully saturated rings. The van der Waals surface area contributed by atoms with Crippen molar-refractivity contribution in [2.24, 2.45) is 0 Å². The summed E-state index contributed by atoms with van der Waals surface area (Å²) in [6.07, 6.45) is 0. The van der Waals surface area contributed by atoms with Gasteiger partial charge in [0.05, 0.1) is 5.02 Å². The summed E-state index contributed by atoms with van der Waals surface area (Å²) < 4.78 is 12.9. The quantitative estimate of drug-likeness (QED) is 0.882. The summed E-state index contributed by atoms with van der Waals surface area (Å²) in [5, 5.41) is 4.33. The fraction of sp³-hybridized carbons (Fsp3) is 0. The van der Waals surface area contributed by atoms with Crippen LogP contribution in [0.1, 0.15) is 10.5 Å². The van der Waals surface area contributed by atoms with Gasteiger partial charge in [-0.25, -0.2) is 9.37 Å². The summed E-state index contributed by atoms with van der Waals surface area (Å²) in [7, 11) is 0. The topological polar surface area (TPSA) is 68.0 Å². The zero-order chi connectivity index (χ0) is 12.4. The first-order chi connectivity index (χ1) is 8.06. The van der Waals surface area contributed by atoms with E-state index in [1.54, 1.807) is 0 Å². The molecule has 0 radical (unpaired) electrons. The third kappa shape index (κ3) is 2.72. The molecule has 88 valence electrons. The molecule has 7 heteroatoms. The van der Waals surface area contributed by atoms with Crippen LogP contribution in [0.4, 0.5) is 15.2 Å². The van der Waals surface area contributed by atoms with E-state index in [1.165, 1.54) is 34.9 Å². The maximum Gasteiger partial charge on any atom is 0.275 e. The molecule has 0 aliphatic rings. The smallest absolute Gasteiger partial charge is 0.275 e. The summed E-state index contributed by atoms with van der Waals surface area (Å²) in [6.45, 7) is 0. The highest BCUT2D eigenvalue weighted by molar-refractivity contribution is 7.13. The number of hydrogen-bond acceptors (Lipinski definition) is 4. The van der Waals surface area contributed by atoms with E-state index in [9.17, 15) is 9.18 Å². The van der Waals surface area contributed by atoms with Crippen molar-refractivity contribution in [3.8, 4) is 0 Å². The molecule has 2 rings (SSSR count). The molecule has 0 saturated heterocycles. The lowest BCUT2D eigenvalue weighted by atomic mass is 10.3. The van der Waals surface area contributed by atoms with E-state index in [0.717, 1.165) is 0 Å². The molecule has 0 aliphatic heterocycles. The van der Waals surface area contributed by atoms with Crippen molar-refractivity contribution in [2.75, 3.05) is 11.1 Å². The molecule has 2 aromatic rings. The Kier molecular flexibility index (Phi) is 3.26. The summed E-state index contributed by atoms with van der Waals surface area (Å²) in [6, 6.07) is 3.91. The van der Waals surface area contributed by atoms with E-state index in [1.807, 2.05) is 0 Å². The molecule has 1 heterocycles. The summed E-state index contributed by atoms with van der Waals surface area (Å²) in [5.74, 6) is -0.955. The van der Waals surface area contributed by atoms with Gasteiger partial charge < -0.3 is 11.1 Å². The Hall–Kier alpha value is -1.66. The summed E-state index contributed by atoms with van der Waals surface area (Å²) in [4.78, 5) is 15.5. The van der Waals surface area contributed by atoms with Crippen molar-refractivity contribution in [3.05, 3.63) is 40.1 Å². The normalized spacial score (nSPS) is 10.2. The molecular weight excluding hydrogens is 265 g/mol. The van der Waals surface area contributed by atoms with Crippen LogP contribution in [0, 0.1) is 5.82 Å². The molecular formula is C10H7ClFN3OS. The Bertz CT molecular complexity index is 572. The lowest BCUT2D eigenvalue weighted by Gasteiger charge is -2.03. The minimum atomic E-state index is -0.539. The van der Waals surface area contributed by atoms with Gasteiger partial charge in [0.15, 0.2) is 5.13 Å². The third-order valence-corrected chi connectivity index (χ3v) is 2.90. The van der Waals surface area contributed by atoms with Gasteiger partial charge >= 0.3 is 0 Å². The first-order valence-corrected chi connectivity index (χ1v) is 5.79. The lowest BCUT2D eigenvalue weighted by molar-refractivity contribution is 0.102. The number of rotatable bonds is 2. The highest BCUT2D eigenvalue weighted by Crippen LogP contribution is 2.20. The minimum absolute atomic E-state index is 0.0550. The van der Waals surface area contributed by atoms with Crippen LogP contribution >= 0.6 is 22.9 Å². The van der Waals surface area contributed by atoms with Crippen molar-refractivity contribution in [2.45, 2.75) is 0 Å². The Labute approximate surface area is 105 Å². The Balaban J connectivity index is 2.15. The van der Waals surface area contributed by atoms with Crippen LogP contribution in [0.25, 0.3) is 0 Å². The number of carbonyl (C=O) groups is 1. The molecule has 4 nitrogen and oxygen atoms in total. The van der Waals surface area contributed by atoms with Gasteiger partial charge in [-0.2, -0.15) is 0 Å². The van der Waals surface area contributed by atoms with E-state index in [2.05, 4.69) is 10.3 Å². The van der Waals surface area contributed by atoms with Crippen LogP contribution < -0.4 is 11.1 Å². The van der Waals surface area contributed by atoms with Crippen molar-refractivity contribution >= 4 is 39.7 Å². The summed E-state index contributed by atoms with van der Waals surface area (Å²) in [5.41, 5.74) is 6.02. The number of halogens is 2. The number of nitrogens with zero attached hydrogens (tertiary/aromatic N) is 1. The average Bonchev–Trinajstić information content (AvgIpc) is 2.70. The zero-order valence-corrected chi connectivity index (χ0v) is 9.98. The van der Waals surface area contributed by atoms with Crippen LogP contribution in [0.3, 0.4) is 0 Å². The molecule has 3 N–H and O–H groups in total. The zero-order valence-electron chi connectivity index (χ0n) is 8.41. The predicted molar refractivity (Wildman–Crippen MR) is 65.9 cm³/mol. The Morgan fingerprint density at radius 2 is 2.29 bits per heavy atom. The molecule has 1 amide bonds. The molecule has 0 aliphatic carbocycles. The largest absolute Gasteiger partial charge is 0.375 e. The number of anilines is 2. The molecule has 0 bridgehead atoms. The minimum Gasteiger partial charge on any atom is -0.375 e. The number of nitrogen functional groups attached to an aromatic ring is 1. The second-order valence-corrected chi connectivity index (χ2v) is 4.45. The molecule has 0 saturated carbocycles. The number of aromatic nitrogens is 1. The highest BCUT2D eigenvalue weighted by atomic mass is 35.5. The van der Waals surface area contributed by atoms with Gasteiger partial charge in [-0.15, -0.1) is 11.3 Å². The maximum atomic E-state index is 12.9. The second kappa shape index (κ2) is 4.68. The first-order valence-electron chi connectivity index (χ1n) is 4.53.